The van der Waals surface area contributed by atoms with Gasteiger partial charge in [-0.15, -0.1) is 0 Å². The highest BCUT2D eigenvalue weighted by atomic mass is 16.5. The van der Waals surface area contributed by atoms with Gasteiger partial charge in [0.15, 0.2) is 5.78 Å². The van der Waals surface area contributed by atoms with Crippen molar-refractivity contribution >= 4 is 5.78 Å². The van der Waals surface area contributed by atoms with Crippen molar-refractivity contribution in [3.63, 3.8) is 0 Å². The Balaban J connectivity index is 2.30. The lowest BCUT2D eigenvalue weighted by Crippen LogP contribution is -2.01. The van der Waals surface area contributed by atoms with Crippen molar-refractivity contribution in [1.29, 1.82) is 0 Å². The number of para-hydroxylation sites is 1. The lowest BCUT2D eigenvalue weighted by molar-refractivity contribution is -0.117. The standard InChI is InChI=1S/C16H18O2/c1-14(2)16(17)12-8-3-4-9-13-18-15-10-6-5-7-11-15/h3-14H,1-2H3/b4-3+,12-8+,13-9+. The van der Waals surface area contributed by atoms with Crippen molar-refractivity contribution in [3.05, 3.63) is 67.0 Å². The Morgan fingerprint density at radius 3 is 2.39 bits per heavy atom. The number of benzene rings is 1. The molecular formula is C16H18O2. The normalized spacial score (nSPS) is 11.9. The van der Waals surface area contributed by atoms with Crippen LogP contribution in [0.4, 0.5) is 0 Å². The van der Waals surface area contributed by atoms with Gasteiger partial charge in [-0.2, -0.15) is 0 Å². The van der Waals surface area contributed by atoms with E-state index in [0.717, 1.165) is 5.75 Å². The summed E-state index contributed by atoms with van der Waals surface area (Å²) in [4.78, 5) is 11.3. The summed E-state index contributed by atoms with van der Waals surface area (Å²) in [5, 5.41) is 0. The molecule has 0 heterocycles. The fourth-order valence-electron chi connectivity index (χ4n) is 1.13. The monoisotopic (exact) mass is 242 g/mol. The largest absolute Gasteiger partial charge is 0.465 e. The molecule has 0 saturated carbocycles. The topological polar surface area (TPSA) is 26.3 Å². The number of carbonyl (C=O) groups is 1. The minimum atomic E-state index is 0.0478. The summed E-state index contributed by atoms with van der Waals surface area (Å²) in [6.45, 7) is 3.76. The Labute approximate surface area is 108 Å². The van der Waals surface area contributed by atoms with Gasteiger partial charge in [-0.05, 0) is 24.3 Å². The van der Waals surface area contributed by atoms with Crippen LogP contribution >= 0.6 is 0 Å². The summed E-state index contributed by atoms with van der Waals surface area (Å²) >= 11 is 0. The van der Waals surface area contributed by atoms with Crippen LogP contribution < -0.4 is 4.74 Å². The van der Waals surface area contributed by atoms with E-state index in [1.165, 1.54) is 0 Å². The van der Waals surface area contributed by atoms with Crippen molar-refractivity contribution in [2.75, 3.05) is 0 Å². The van der Waals surface area contributed by atoms with Crippen molar-refractivity contribution in [3.8, 4) is 5.75 Å². The maximum absolute atomic E-state index is 11.3. The van der Waals surface area contributed by atoms with Crippen LogP contribution in [0, 0.1) is 5.92 Å². The second kappa shape index (κ2) is 8.07. The minimum absolute atomic E-state index is 0.0478. The second-order valence-electron chi connectivity index (χ2n) is 4.06. The number of ether oxygens (including phenoxy) is 1. The third-order valence-corrected chi connectivity index (χ3v) is 2.19. The molecule has 1 aromatic carbocycles. The minimum Gasteiger partial charge on any atom is -0.465 e. The van der Waals surface area contributed by atoms with Crippen LogP contribution in [0.3, 0.4) is 0 Å². The molecule has 0 N–H and O–H groups in total. The number of rotatable bonds is 6. The highest BCUT2D eigenvalue weighted by Crippen LogP contribution is 2.08. The van der Waals surface area contributed by atoms with Crippen LogP contribution in [-0.2, 0) is 4.79 Å². The molecule has 0 bridgehead atoms. The summed E-state index contributed by atoms with van der Waals surface area (Å²) in [5.41, 5.74) is 0. The Kier molecular flexibility index (Phi) is 6.26. The molecule has 18 heavy (non-hydrogen) atoms. The molecule has 1 rings (SSSR count). The van der Waals surface area contributed by atoms with E-state index in [1.807, 2.05) is 50.3 Å². The fourth-order valence-corrected chi connectivity index (χ4v) is 1.13. The van der Waals surface area contributed by atoms with Crippen LogP contribution in [0.2, 0.25) is 0 Å². The third kappa shape index (κ3) is 5.85. The zero-order chi connectivity index (χ0) is 13.2. The number of ketones is 1. The van der Waals surface area contributed by atoms with E-state index < -0.39 is 0 Å². The van der Waals surface area contributed by atoms with Gasteiger partial charge in [0.05, 0.1) is 6.26 Å². The van der Waals surface area contributed by atoms with Crippen molar-refractivity contribution in [1.82, 2.24) is 0 Å². The molecule has 0 unspecified atom stereocenters. The van der Waals surface area contributed by atoms with E-state index in [9.17, 15) is 4.79 Å². The predicted octanol–water partition coefficient (Wildman–Crippen LogP) is 3.92. The molecular weight excluding hydrogens is 224 g/mol. The summed E-state index contributed by atoms with van der Waals surface area (Å²) < 4.78 is 5.35. The number of carbonyl (C=O) groups excluding carboxylic acids is 1. The van der Waals surface area contributed by atoms with Crippen LogP contribution in [0.1, 0.15) is 13.8 Å². The van der Waals surface area contributed by atoms with Gasteiger partial charge in [0.1, 0.15) is 5.75 Å². The summed E-state index contributed by atoms with van der Waals surface area (Å²) in [5.74, 6) is 0.975. The Bertz CT molecular complexity index is 439. The molecule has 94 valence electrons. The average molecular weight is 242 g/mol. The Hall–Kier alpha value is -2.09. The van der Waals surface area contributed by atoms with E-state index in [4.69, 9.17) is 4.74 Å². The van der Waals surface area contributed by atoms with Crippen LogP contribution in [0.25, 0.3) is 0 Å². The van der Waals surface area contributed by atoms with E-state index in [0.29, 0.717) is 0 Å². The molecule has 0 aliphatic rings. The SMILES string of the molecule is CC(C)C(=O)/C=C/C=C/C=C/Oc1ccccc1. The molecule has 0 fully saturated rings. The van der Waals surface area contributed by atoms with Crippen molar-refractivity contribution in [2.45, 2.75) is 13.8 Å². The van der Waals surface area contributed by atoms with Gasteiger partial charge in [-0.1, -0.05) is 50.3 Å². The van der Waals surface area contributed by atoms with Crippen LogP contribution in [0.5, 0.6) is 5.75 Å². The molecule has 0 saturated heterocycles. The average Bonchev–Trinajstić information content (AvgIpc) is 2.38. The summed E-state index contributed by atoms with van der Waals surface area (Å²) in [7, 11) is 0. The zero-order valence-electron chi connectivity index (χ0n) is 10.7. The van der Waals surface area contributed by atoms with Gasteiger partial charge in [0.2, 0.25) is 0 Å². The molecule has 0 atom stereocenters. The first kappa shape index (κ1) is 14.0. The van der Waals surface area contributed by atoms with Crippen LogP contribution in [0.15, 0.2) is 67.0 Å². The summed E-state index contributed by atoms with van der Waals surface area (Å²) in [6.07, 6.45) is 10.3. The van der Waals surface area contributed by atoms with E-state index in [1.54, 1.807) is 30.6 Å². The molecule has 0 aliphatic heterocycles. The molecule has 1 aromatic rings. The van der Waals surface area contributed by atoms with Gasteiger partial charge in [0.25, 0.3) is 0 Å². The number of hydrogen-bond acceptors (Lipinski definition) is 2. The molecule has 0 radical (unpaired) electrons. The molecule has 0 spiro atoms. The van der Waals surface area contributed by atoms with Gasteiger partial charge in [-0.3, -0.25) is 4.79 Å². The predicted molar refractivity (Wildman–Crippen MR) is 74.3 cm³/mol. The van der Waals surface area contributed by atoms with E-state index in [-0.39, 0.29) is 11.7 Å². The summed E-state index contributed by atoms with van der Waals surface area (Å²) in [6, 6.07) is 9.54. The first-order valence-electron chi connectivity index (χ1n) is 5.95. The first-order valence-corrected chi connectivity index (χ1v) is 5.95. The quantitative estimate of drug-likeness (QED) is 0.429. The van der Waals surface area contributed by atoms with Gasteiger partial charge in [0, 0.05) is 5.92 Å². The lowest BCUT2D eigenvalue weighted by atomic mass is 10.1. The lowest BCUT2D eigenvalue weighted by Gasteiger charge is -1.96. The van der Waals surface area contributed by atoms with E-state index >= 15 is 0 Å². The number of hydrogen-bond donors (Lipinski definition) is 0. The molecule has 2 nitrogen and oxygen atoms in total. The number of allylic oxidation sites excluding steroid dienone is 5. The zero-order valence-corrected chi connectivity index (χ0v) is 10.7. The maximum Gasteiger partial charge on any atom is 0.158 e. The molecule has 0 amide bonds. The fraction of sp³-hybridized carbons (Fsp3) is 0.188. The first-order chi connectivity index (χ1) is 8.70. The highest BCUT2D eigenvalue weighted by molar-refractivity contribution is 5.91. The van der Waals surface area contributed by atoms with Gasteiger partial charge < -0.3 is 4.74 Å². The maximum atomic E-state index is 11.3. The molecule has 2 heteroatoms. The Morgan fingerprint density at radius 1 is 1.06 bits per heavy atom. The van der Waals surface area contributed by atoms with Crippen LogP contribution in [-0.4, -0.2) is 5.78 Å². The highest BCUT2D eigenvalue weighted by Gasteiger charge is 1.99. The van der Waals surface area contributed by atoms with Crippen molar-refractivity contribution in [2.24, 2.45) is 5.92 Å². The Morgan fingerprint density at radius 2 is 1.72 bits per heavy atom. The second-order valence-corrected chi connectivity index (χ2v) is 4.06. The third-order valence-electron chi connectivity index (χ3n) is 2.19. The van der Waals surface area contributed by atoms with Gasteiger partial charge >= 0.3 is 0 Å². The smallest absolute Gasteiger partial charge is 0.158 e. The molecule has 0 aromatic heterocycles. The van der Waals surface area contributed by atoms with Crippen molar-refractivity contribution < 1.29 is 9.53 Å². The van der Waals surface area contributed by atoms with E-state index in [2.05, 4.69) is 0 Å². The molecule has 0 aliphatic carbocycles. The van der Waals surface area contributed by atoms with Gasteiger partial charge in [-0.25, -0.2) is 0 Å².